The number of amides is 1. The third-order valence-electron chi connectivity index (χ3n) is 5.20. The lowest BCUT2D eigenvalue weighted by molar-refractivity contribution is 0.0777. The molecular formula is C18H26N4O2S. The Morgan fingerprint density at radius 1 is 1.32 bits per heavy atom. The molecule has 2 aromatic rings. The third-order valence-corrected chi connectivity index (χ3v) is 6.39. The summed E-state index contributed by atoms with van der Waals surface area (Å²) in [6, 6.07) is 0.196. The van der Waals surface area contributed by atoms with E-state index in [1.54, 1.807) is 15.8 Å². The van der Waals surface area contributed by atoms with Gasteiger partial charge in [-0.3, -0.25) is 14.2 Å². The van der Waals surface area contributed by atoms with E-state index in [1.807, 2.05) is 20.8 Å². The number of aromatic nitrogens is 2. The number of piperidine rings is 1. The number of fused-ring (bicyclic) bond motifs is 1. The van der Waals surface area contributed by atoms with Crippen LogP contribution in [0.3, 0.4) is 0 Å². The van der Waals surface area contributed by atoms with Gasteiger partial charge >= 0.3 is 0 Å². The standard InChI is InChI=1S/C18H26N4O2S/c1-5-21(6-2)18(24)15-12(3)14-16(25-15)19-11-22(17(14)23)13-7-9-20(4)10-8-13/h11,13H,5-10H2,1-4H3. The Bertz CT molecular complexity index is 829. The molecule has 1 aliphatic rings. The smallest absolute Gasteiger partial charge is 0.264 e. The number of aryl methyl sites for hydroxylation is 1. The summed E-state index contributed by atoms with van der Waals surface area (Å²) in [7, 11) is 2.11. The Hall–Kier alpha value is -1.73. The summed E-state index contributed by atoms with van der Waals surface area (Å²) >= 11 is 1.34. The molecule has 1 fully saturated rings. The molecular weight excluding hydrogens is 336 g/mol. The molecule has 0 aromatic carbocycles. The minimum absolute atomic E-state index is 0.00394. The molecule has 1 amide bonds. The molecule has 0 aliphatic carbocycles. The molecule has 7 heteroatoms. The highest BCUT2D eigenvalue weighted by Crippen LogP contribution is 2.29. The maximum Gasteiger partial charge on any atom is 0.264 e. The zero-order valence-electron chi connectivity index (χ0n) is 15.4. The Morgan fingerprint density at radius 2 is 1.96 bits per heavy atom. The largest absolute Gasteiger partial charge is 0.338 e. The van der Waals surface area contributed by atoms with E-state index in [9.17, 15) is 9.59 Å². The number of nitrogens with zero attached hydrogens (tertiary/aromatic N) is 4. The first-order chi connectivity index (χ1) is 12.0. The van der Waals surface area contributed by atoms with E-state index in [4.69, 9.17) is 0 Å². The summed E-state index contributed by atoms with van der Waals surface area (Å²) in [6.45, 7) is 9.11. The van der Waals surface area contributed by atoms with Gasteiger partial charge in [0.15, 0.2) is 0 Å². The van der Waals surface area contributed by atoms with Crippen LogP contribution in [0.5, 0.6) is 0 Å². The number of hydrogen-bond acceptors (Lipinski definition) is 5. The molecule has 1 aliphatic heterocycles. The van der Waals surface area contributed by atoms with E-state index in [0.717, 1.165) is 31.5 Å². The van der Waals surface area contributed by atoms with Gasteiger partial charge in [-0.05, 0) is 59.3 Å². The van der Waals surface area contributed by atoms with Gasteiger partial charge < -0.3 is 9.80 Å². The molecule has 0 spiro atoms. The average molecular weight is 362 g/mol. The highest BCUT2D eigenvalue weighted by atomic mass is 32.1. The molecule has 0 saturated carbocycles. The number of likely N-dealkylation sites (tertiary alicyclic amines) is 1. The monoisotopic (exact) mass is 362 g/mol. The molecule has 0 radical (unpaired) electrons. The topological polar surface area (TPSA) is 58.4 Å². The fraction of sp³-hybridized carbons (Fsp3) is 0.611. The second-order valence-electron chi connectivity index (χ2n) is 6.71. The fourth-order valence-corrected chi connectivity index (χ4v) is 4.64. The van der Waals surface area contributed by atoms with Crippen LogP contribution in [0.15, 0.2) is 11.1 Å². The molecule has 0 unspecified atom stereocenters. The van der Waals surface area contributed by atoms with Gasteiger partial charge in [0, 0.05) is 19.1 Å². The minimum Gasteiger partial charge on any atom is -0.338 e. The van der Waals surface area contributed by atoms with Crippen LogP contribution in [0.25, 0.3) is 10.2 Å². The van der Waals surface area contributed by atoms with Gasteiger partial charge in [0.1, 0.15) is 4.83 Å². The number of thiophene rings is 1. The van der Waals surface area contributed by atoms with Gasteiger partial charge in [-0.1, -0.05) is 0 Å². The van der Waals surface area contributed by atoms with Crippen molar-refractivity contribution in [3.8, 4) is 0 Å². The van der Waals surface area contributed by atoms with Crippen molar-refractivity contribution < 1.29 is 4.79 Å². The number of carbonyl (C=O) groups excluding carboxylic acids is 1. The maximum absolute atomic E-state index is 13.1. The van der Waals surface area contributed by atoms with Crippen LogP contribution >= 0.6 is 11.3 Å². The number of rotatable bonds is 4. The van der Waals surface area contributed by atoms with Crippen LogP contribution in [-0.4, -0.2) is 58.5 Å². The number of hydrogen-bond donors (Lipinski definition) is 0. The minimum atomic E-state index is -0.00750. The van der Waals surface area contributed by atoms with Crippen molar-refractivity contribution in [1.82, 2.24) is 19.4 Å². The molecule has 1 saturated heterocycles. The molecule has 136 valence electrons. The zero-order valence-corrected chi connectivity index (χ0v) is 16.2. The normalized spacial score (nSPS) is 16.5. The number of carbonyl (C=O) groups is 1. The third kappa shape index (κ3) is 3.22. The van der Waals surface area contributed by atoms with Crippen LogP contribution in [0, 0.1) is 6.92 Å². The first kappa shape index (κ1) is 18.1. The van der Waals surface area contributed by atoms with Crippen LogP contribution < -0.4 is 5.56 Å². The van der Waals surface area contributed by atoms with E-state index in [0.29, 0.717) is 28.2 Å². The lowest BCUT2D eigenvalue weighted by Crippen LogP contribution is -2.35. The Morgan fingerprint density at radius 3 is 2.56 bits per heavy atom. The lowest BCUT2D eigenvalue weighted by atomic mass is 10.1. The fourth-order valence-electron chi connectivity index (χ4n) is 3.53. The van der Waals surface area contributed by atoms with Crippen molar-refractivity contribution in [2.75, 3.05) is 33.2 Å². The van der Waals surface area contributed by atoms with E-state index >= 15 is 0 Å². The highest BCUT2D eigenvalue weighted by molar-refractivity contribution is 7.20. The predicted molar refractivity (Wildman–Crippen MR) is 102 cm³/mol. The molecule has 6 nitrogen and oxygen atoms in total. The Labute approximate surface area is 152 Å². The molecule has 3 heterocycles. The molecule has 25 heavy (non-hydrogen) atoms. The molecule has 0 atom stereocenters. The SMILES string of the molecule is CCN(CC)C(=O)c1sc2ncn(C3CCN(C)CC3)c(=O)c2c1C. The second-order valence-corrected chi connectivity index (χ2v) is 7.70. The van der Waals surface area contributed by atoms with Crippen molar-refractivity contribution in [2.24, 2.45) is 0 Å². The van der Waals surface area contributed by atoms with Gasteiger partial charge in [-0.25, -0.2) is 4.98 Å². The van der Waals surface area contributed by atoms with Crippen LogP contribution in [0.1, 0.15) is 48.0 Å². The van der Waals surface area contributed by atoms with Crippen molar-refractivity contribution in [1.29, 1.82) is 0 Å². The van der Waals surface area contributed by atoms with Gasteiger partial charge in [0.05, 0.1) is 16.6 Å². The molecule has 0 bridgehead atoms. The molecule has 0 N–H and O–H groups in total. The van der Waals surface area contributed by atoms with Crippen molar-refractivity contribution in [3.05, 3.63) is 27.1 Å². The van der Waals surface area contributed by atoms with Crippen molar-refractivity contribution in [2.45, 2.75) is 39.7 Å². The summed E-state index contributed by atoms with van der Waals surface area (Å²) in [5, 5.41) is 0.613. The predicted octanol–water partition coefficient (Wildman–Crippen LogP) is 2.52. The van der Waals surface area contributed by atoms with E-state index in [2.05, 4.69) is 16.9 Å². The van der Waals surface area contributed by atoms with Crippen LogP contribution in [-0.2, 0) is 0 Å². The lowest BCUT2D eigenvalue weighted by Gasteiger charge is -2.29. The Kier molecular flexibility index (Phi) is 5.24. The maximum atomic E-state index is 13.1. The highest BCUT2D eigenvalue weighted by Gasteiger charge is 2.25. The van der Waals surface area contributed by atoms with E-state index in [1.165, 1.54) is 11.3 Å². The van der Waals surface area contributed by atoms with Gasteiger partial charge in [-0.15, -0.1) is 11.3 Å². The average Bonchev–Trinajstić information content (AvgIpc) is 2.95. The molecule has 2 aromatic heterocycles. The Balaban J connectivity index is 2.03. The second kappa shape index (κ2) is 7.25. The first-order valence-corrected chi connectivity index (χ1v) is 9.77. The van der Waals surface area contributed by atoms with Crippen LogP contribution in [0.2, 0.25) is 0 Å². The van der Waals surface area contributed by atoms with Crippen molar-refractivity contribution >= 4 is 27.5 Å². The molecule has 3 rings (SSSR count). The zero-order chi connectivity index (χ0) is 18.1. The summed E-state index contributed by atoms with van der Waals surface area (Å²) in [6.07, 6.45) is 3.58. The quantitative estimate of drug-likeness (QED) is 0.839. The van der Waals surface area contributed by atoms with Crippen LogP contribution in [0.4, 0.5) is 0 Å². The van der Waals surface area contributed by atoms with Gasteiger partial charge in [-0.2, -0.15) is 0 Å². The van der Waals surface area contributed by atoms with Crippen molar-refractivity contribution in [3.63, 3.8) is 0 Å². The van der Waals surface area contributed by atoms with E-state index < -0.39 is 0 Å². The summed E-state index contributed by atoms with van der Waals surface area (Å²) in [5.41, 5.74) is 0.767. The van der Waals surface area contributed by atoms with Gasteiger partial charge in [0.25, 0.3) is 11.5 Å². The summed E-state index contributed by atoms with van der Waals surface area (Å²) in [5.74, 6) is -0.00394. The summed E-state index contributed by atoms with van der Waals surface area (Å²) < 4.78 is 1.78. The summed E-state index contributed by atoms with van der Waals surface area (Å²) in [4.78, 5) is 35.7. The first-order valence-electron chi connectivity index (χ1n) is 8.95. The van der Waals surface area contributed by atoms with E-state index in [-0.39, 0.29) is 17.5 Å². The van der Waals surface area contributed by atoms with Gasteiger partial charge in [0.2, 0.25) is 0 Å².